The number of carbonyl (C=O) groups is 1. The number of rotatable bonds is 5. The van der Waals surface area contributed by atoms with E-state index >= 15 is 0 Å². The van der Waals surface area contributed by atoms with Crippen LogP contribution in [0, 0.1) is 0 Å². The number of ether oxygens (including phenoxy) is 2. The summed E-state index contributed by atoms with van der Waals surface area (Å²) in [5, 5.41) is 0.547. The fourth-order valence-corrected chi connectivity index (χ4v) is 3.78. The zero-order valence-electron chi connectivity index (χ0n) is 16.2. The first-order chi connectivity index (χ1) is 14.2. The molecule has 0 radical (unpaired) electrons. The molecule has 5 heteroatoms. The molecule has 1 aliphatic rings. The van der Waals surface area contributed by atoms with E-state index in [0.29, 0.717) is 35.2 Å². The lowest BCUT2D eigenvalue weighted by molar-refractivity contribution is 0.0734. The van der Waals surface area contributed by atoms with Gasteiger partial charge in [-0.15, -0.1) is 0 Å². The molecule has 3 aromatic carbocycles. The molecule has 4 rings (SSSR count). The van der Waals surface area contributed by atoms with Crippen molar-refractivity contribution >= 4 is 17.5 Å². The first-order valence-corrected chi connectivity index (χ1v) is 9.94. The van der Waals surface area contributed by atoms with Gasteiger partial charge in [-0.3, -0.25) is 4.79 Å². The van der Waals surface area contributed by atoms with Gasteiger partial charge in [0.25, 0.3) is 5.91 Å². The molecule has 1 aliphatic heterocycles. The fraction of sp³-hybridized carbons (Fsp3) is 0.208. The Kier molecular flexibility index (Phi) is 5.72. The van der Waals surface area contributed by atoms with Crippen molar-refractivity contribution in [2.45, 2.75) is 19.6 Å². The lowest BCUT2D eigenvalue weighted by Crippen LogP contribution is -2.36. The molecule has 4 nitrogen and oxygen atoms in total. The molecule has 0 saturated carbocycles. The molecule has 0 fully saturated rings. The summed E-state index contributed by atoms with van der Waals surface area (Å²) in [7, 11) is 1.61. The second kappa shape index (κ2) is 8.58. The van der Waals surface area contributed by atoms with Crippen molar-refractivity contribution in [1.82, 2.24) is 4.90 Å². The molecule has 0 N–H and O–H groups in total. The van der Waals surface area contributed by atoms with Crippen molar-refractivity contribution in [3.63, 3.8) is 0 Å². The van der Waals surface area contributed by atoms with Crippen LogP contribution in [0.4, 0.5) is 0 Å². The van der Waals surface area contributed by atoms with Crippen LogP contribution in [-0.4, -0.2) is 24.5 Å². The highest BCUT2D eigenvalue weighted by Crippen LogP contribution is 2.28. The zero-order chi connectivity index (χ0) is 20.2. The van der Waals surface area contributed by atoms with Gasteiger partial charge in [-0.2, -0.15) is 0 Å². The third-order valence-electron chi connectivity index (χ3n) is 5.17. The van der Waals surface area contributed by atoms with Crippen LogP contribution in [0.5, 0.6) is 11.5 Å². The van der Waals surface area contributed by atoms with E-state index in [1.807, 2.05) is 47.4 Å². The molecule has 148 valence electrons. The maximum Gasteiger partial charge on any atom is 0.254 e. The van der Waals surface area contributed by atoms with E-state index in [2.05, 4.69) is 12.1 Å². The van der Waals surface area contributed by atoms with Crippen LogP contribution in [0.25, 0.3) is 0 Å². The van der Waals surface area contributed by atoms with Crippen LogP contribution < -0.4 is 9.47 Å². The van der Waals surface area contributed by atoms with E-state index in [1.165, 1.54) is 11.1 Å². The first kappa shape index (κ1) is 19.3. The Bertz CT molecular complexity index is 1030. The second-order valence-corrected chi connectivity index (χ2v) is 7.40. The van der Waals surface area contributed by atoms with Crippen molar-refractivity contribution in [1.29, 1.82) is 0 Å². The van der Waals surface area contributed by atoms with Gasteiger partial charge < -0.3 is 14.4 Å². The van der Waals surface area contributed by atoms with Crippen LogP contribution >= 0.6 is 11.6 Å². The number of nitrogens with zero attached hydrogens (tertiary/aromatic N) is 1. The van der Waals surface area contributed by atoms with Crippen LogP contribution in [0.1, 0.15) is 27.0 Å². The average Bonchev–Trinajstić information content (AvgIpc) is 2.77. The Labute approximate surface area is 175 Å². The number of hydrogen-bond acceptors (Lipinski definition) is 3. The summed E-state index contributed by atoms with van der Waals surface area (Å²) in [5.41, 5.74) is 3.96. The lowest BCUT2D eigenvalue weighted by Gasteiger charge is -2.29. The molecular weight excluding hydrogens is 386 g/mol. The van der Waals surface area contributed by atoms with Crippen molar-refractivity contribution < 1.29 is 14.3 Å². The van der Waals surface area contributed by atoms with E-state index < -0.39 is 0 Å². The topological polar surface area (TPSA) is 38.8 Å². The van der Waals surface area contributed by atoms with Crippen molar-refractivity contribution in [2.24, 2.45) is 0 Å². The largest absolute Gasteiger partial charge is 0.496 e. The van der Waals surface area contributed by atoms with Gasteiger partial charge in [0.2, 0.25) is 0 Å². The first-order valence-electron chi connectivity index (χ1n) is 9.56. The van der Waals surface area contributed by atoms with Crippen molar-refractivity contribution in [3.05, 3.63) is 94.0 Å². The Morgan fingerprint density at radius 2 is 1.76 bits per heavy atom. The minimum absolute atomic E-state index is 0.0150. The number of fused-ring (bicyclic) bond motifs is 1. The molecular formula is C24H22ClNO3. The van der Waals surface area contributed by atoms with Gasteiger partial charge in [-0.1, -0.05) is 48.0 Å². The highest BCUT2D eigenvalue weighted by molar-refractivity contribution is 6.32. The molecule has 1 amide bonds. The van der Waals surface area contributed by atoms with Gasteiger partial charge in [0.1, 0.15) is 18.1 Å². The van der Waals surface area contributed by atoms with Gasteiger partial charge >= 0.3 is 0 Å². The van der Waals surface area contributed by atoms with E-state index in [9.17, 15) is 4.79 Å². The lowest BCUT2D eigenvalue weighted by atomic mass is 9.99. The van der Waals surface area contributed by atoms with Crippen LogP contribution in [0.2, 0.25) is 5.02 Å². The summed E-state index contributed by atoms with van der Waals surface area (Å²) < 4.78 is 11.3. The highest BCUT2D eigenvalue weighted by atomic mass is 35.5. The molecule has 0 aromatic heterocycles. The van der Waals surface area contributed by atoms with Gasteiger partial charge in [-0.05, 0) is 47.9 Å². The van der Waals surface area contributed by atoms with Gasteiger partial charge in [-0.25, -0.2) is 0 Å². The molecule has 0 atom stereocenters. The monoisotopic (exact) mass is 407 g/mol. The summed E-state index contributed by atoms with van der Waals surface area (Å²) in [6.45, 7) is 1.61. The quantitative estimate of drug-likeness (QED) is 0.588. The molecule has 29 heavy (non-hydrogen) atoms. The average molecular weight is 408 g/mol. The predicted octanol–water partition coefficient (Wildman–Crippen LogP) is 5.13. The molecule has 0 bridgehead atoms. The smallest absolute Gasteiger partial charge is 0.254 e. The highest BCUT2D eigenvalue weighted by Gasteiger charge is 2.22. The van der Waals surface area contributed by atoms with Gasteiger partial charge in [0.05, 0.1) is 12.1 Å². The van der Waals surface area contributed by atoms with Gasteiger partial charge in [0, 0.05) is 24.2 Å². The van der Waals surface area contributed by atoms with Gasteiger partial charge in [0.15, 0.2) is 0 Å². The molecule has 0 saturated heterocycles. The van der Waals surface area contributed by atoms with Crippen molar-refractivity contribution in [3.8, 4) is 11.5 Å². The van der Waals surface area contributed by atoms with E-state index in [-0.39, 0.29) is 12.5 Å². The Hall–Kier alpha value is -2.98. The Morgan fingerprint density at radius 1 is 1.00 bits per heavy atom. The number of para-hydroxylation sites is 1. The normalized spacial score (nSPS) is 13.0. The number of amides is 1. The Morgan fingerprint density at radius 3 is 2.55 bits per heavy atom. The summed E-state index contributed by atoms with van der Waals surface area (Å²) in [6, 6.07) is 21.1. The third-order valence-corrected chi connectivity index (χ3v) is 5.48. The SMILES string of the molecule is COc1ccc(C(=O)N2CCc3ccccc3C2)cc1COc1ccccc1Cl. The molecule has 0 spiro atoms. The second-order valence-electron chi connectivity index (χ2n) is 6.99. The van der Waals surface area contributed by atoms with E-state index in [1.54, 1.807) is 19.2 Å². The zero-order valence-corrected chi connectivity index (χ0v) is 17.0. The molecule has 1 heterocycles. The van der Waals surface area contributed by atoms with Crippen molar-refractivity contribution in [2.75, 3.05) is 13.7 Å². The summed E-state index contributed by atoms with van der Waals surface area (Å²) in [5.74, 6) is 1.29. The molecule has 0 unspecified atom stereocenters. The number of carbonyl (C=O) groups excluding carboxylic acids is 1. The number of hydrogen-bond donors (Lipinski definition) is 0. The Balaban J connectivity index is 1.53. The summed E-state index contributed by atoms with van der Waals surface area (Å²) in [6.07, 6.45) is 0.876. The van der Waals surface area contributed by atoms with Crippen LogP contribution in [0.3, 0.4) is 0 Å². The minimum Gasteiger partial charge on any atom is -0.496 e. The summed E-state index contributed by atoms with van der Waals surface area (Å²) >= 11 is 6.17. The summed E-state index contributed by atoms with van der Waals surface area (Å²) in [4.78, 5) is 15.0. The van der Waals surface area contributed by atoms with E-state index in [0.717, 1.165) is 12.0 Å². The molecule has 0 aliphatic carbocycles. The molecule has 3 aromatic rings. The fourth-order valence-electron chi connectivity index (χ4n) is 3.59. The maximum absolute atomic E-state index is 13.1. The van der Waals surface area contributed by atoms with Crippen LogP contribution in [0.15, 0.2) is 66.7 Å². The predicted molar refractivity (Wildman–Crippen MR) is 114 cm³/mol. The van der Waals surface area contributed by atoms with E-state index in [4.69, 9.17) is 21.1 Å². The number of benzene rings is 3. The van der Waals surface area contributed by atoms with Crippen LogP contribution in [-0.2, 0) is 19.6 Å². The standard InChI is InChI=1S/C24H22ClNO3/c1-28-22-11-10-18(14-20(22)16-29-23-9-5-4-8-21(23)25)24(27)26-13-12-17-6-2-3-7-19(17)15-26/h2-11,14H,12-13,15-16H2,1H3. The maximum atomic E-state index is 13.1. The minimum atomic E-state index is 0.0150. The number of methoxy groups -OCH3 is 1. The third kappa shape index (κ3) is 4.22. The number of halogens is 1.